The Morgan fingerprint density at radius 1 is 0.590 bits per heavy atom. The van der Waals surface area contributed by atoms with Crippen LogP contribution in [0.15, 0.2) is 36.5 Å². The molecule has 3 N–H and O–H groups in total. The van der Waals surface area contributed by atoms with E-state index in [1.807, 2.05) is 6.08 Å². The third-order valence-electron chi connectivity index (χ3n) is 7.35. The second-order valence-electron chi connectivity index (χ2n) is 11.2. The molecule has 39 heavy (non-hydrogen) atoms. The van der Waals surface area contributed by atoms with Crippen LogP contribution in [0.5, 0.6) is 0 Å². The molecule has 0 bridgehead atoms. The van der Waals surface area contributed by atoms with Crippen LogP contribution in [0.2, 0.25) is 0 Å². The molecule has 0 saturated carbocycles. The number of nitrogens with one attached hydrogen (secondary N) is 1. The third-order valence-corrected chi connectivity index (χ3v) is 7.35. The van der Waals surface area contributed by atoms with Crippen LogP contribution in [0.4, 0.5) is 0 Å². The van der Waals surface area contributed by atoms with Crippen molar-refractivity contribution in [3.63, 3.8) is 0 Å². The molecule has 0 saturated heterocycles. The zero-order valence-corrected chi connectivity index (χ0v) is 25.9. The van der Waals surface area contributed by atoms with Crippen molar-refractivity contribution < 1.29 is 15.0 Å². The number of unbranched alkanes of at least 4 members (excludes halogenated alkanes) is 18. The SMILES string of the molecule is CCCC/C=C/CC/C=C/CC/C=C/C(O)C(CO)NC(=O)CCCCCCCCCCCCCCCCC. The topological polar surface area (TPSA) is 69.6 Å². The largest absolute Gasteiger partial charge is 0.394 e. The van der Waals surface area contributed by atoms with Crippen molar-refractivity contribution in [1.82, 2.24) is 5.32 Å². The summed E-state index contributed by atoms with van der Waals surface area (Å²) in [7, 11) is 0. The van der Waals surface area contributed by atoms with E-state index in [-0.39, 0.29) is 12.5 Å². The molecule has 0 fully saturated rings. The van der Waals surface area contributed by atoms with Gasteiger partial charge in [0, 0.05) is 6.42 Å². The molecule has 0 aromatic carbocycles. The van der Waals surface area contributed by atoms with Gasteiger partial charge in [0.05, 0.1) is 18.8 Å². The average molecular weight is 548 g/mol. The molecule has 0 aliphatic heterocycles. The normalized spacial score (nSPS) is 13.6. The highest BCUT2D eigenvalue weighted by Gasteiger charge is 2.17. The standard InChI is InChI=1S/C35H65NO3/c1-3-5-7-9-11-13-15-17-18-19-21-23-25-27-29-31-35(39)36-33(32-37)34(38)30-28-26-24-22-20-16-14-12-10-8-6-4-2/h10,12,20,22,28,30,33-34,37-38H,3-9,11,13-19,21,23-27,29,31-32H2,1-2H3,(H,36,39)/b12-10+,22-20+,30-28+. The molecule has 4 heteroatoms. The lowest BCUT2D eigenvalue weighted by atomic mass is 10.0. The maximum absolute atomic E-state index is 12.3. The van der Waals surface area contributed by atoms with Gasteiger partial charge < -0.3 is 15.5 Å². The first-order valence-electron chi connectivity index (χ1n) is 16.7. The summed E-state index contributed by atoms with van der Waals surface area (Å²) < 4.78 is 0. The summed E-state index contributed by atoms with van der Waals surface area (Å²) in [5.41, 5.74) is 0. The van der Waals surface area contributed by atoms with Gasteiger partial charge in [-0.25, -0.2) is 0 Å². The summed E-state index contributed by atoms with van der Waals surface area (Å²) in [4.78, 5) is 12.3. The van der Waals surface area contributed by atoms with Crippen molar-refractivity contribution in [3.8, 4) is 0 Å². The fraction of sp³-hybridized carbons (Fsp3) is 0.800. The van der Waals surface area contributed by atoms with Gasteiger partial charge in [-0.05, 0) is 38.5 Å². The fourth-order valence-electron chi connectivity index (χ4n) is 4.72. The summed E-state index contributed by atoms with van der Waals surface area (Å²) in [5.74, 6) is -0.0807. The molecule has 0 aromatic rings. The van der Waals surface area contributed by atoms with Gasteiger partial charge in [0.2, 0.25) is 5.91 Å². The monoisotopic (exact) mass is 547 g/mol. The molecule has 0 radical (unpaired) electrons. The van der Waals surface area contributed by atoms with Crippen molar-refractivity contribution in [2.24, 2.45) is 0 Å². The Hall–Kier alpha value is -1.39. The number of carbonyl (C=O) groups excluding carboxylic acids is 1. The first-order chi connectivity index (χ1) is 19.2. The van der Waals surface area contributed by atoms with Gasteiger partial charge in [-0.1, -0.05) is 153 Å². The summed E-state index contributed by atoms with van der Waals surface area (Å²) in [6.07, 6.45) is 39.3. The minimum atomic E-state index is -0.864. The summed E-state index contributed by atoms with van der Waals surface area (Å²) in [5, 5.41) is 22.7. The molecule has 2 atom stereocenters. The van der Waals surface area contributed by atoms with E-state index >= 15 is 0 Å². The van der Waals surface area contributed by atoms with Crippen LogP contribution in [0.1, 0.15) is 162 Å². The van der Waals surface area contributed by atoms with E-state index in [2.05, 4.69) is 43.5 Å². The number of hydrogen-bond acceptors (Lipinski definition) is 3. The summed E-state index contributed by atoms with van der Waals surface area (Å²) >= 11 is 0. The lowest BCUT2D eigenvalue weighted by Crippen LogP contribution is -2.45. The second kappa shape index (κ2) is 31.1. The van der Waals surface area contributed by atoms with Gasteiger partial charge in [0.25, 0.3) is 0 Å². The van der Waals surface area contributed by atoms with Crippen molar-refractivity contribution in [2.75, 3.05) is 6.61 Å². The van der Waals surface area contributed by atoms with E-state index in [1.54, 1.807) is 6.08 Å². The Bertz CT molecular complexity index is 599. The Balaban J connectivity index is 3.70. The summed E-state index contributed by atoms with van der Waals surface area (Å²) in [6, 6.07) is -0.639. The highest BCUT2D eigenvalue weighted by atomic mass is 16.3. The first-order valence-corrected chi connectivity index (χ1v) is 16.7. The molecule has 228 valence electrons. The zero-order chi connectivity index (χ0) is 28.7. The average Bonchev–Trinajstić information content (AvgIpc) is 2.94. The molecule has 0 spiro atoms. The number of aliphatic hydroxyl groups is 2. The number of hydrogen-bond donors (Lipinski definition) is 3. The Morgan fingerprint density at radius 2 is 1.00 bits per heavy atom. The fourth-order valence-corrected chi connectivity index (χ4v) is 4.72. The molecule has 0 rings (SSSR count). The minimum absolute atomic E-state index is 0.0807. The molecule has 2 unspecified atom stereocenters. The van der Waals surface area contributed by atoms with E-state index in [0.717, 1.165) is 38.5 Å². The molecule has 0 aliphatic rings. The highest BCUT2D eigenvalue weighted by molar-refractivity contribution is 5.76. The molecule has 0 heterocycles. The molecular weight excluding hydrogens is 482 g/mol. The maximum atomic E-state index is 12.3. The van der Waals surface area contributed by atoms with Crippen LogP contribution in [0, 0.1) is 0 Å². The third kappa shape index (κ3) is 28.0. The number of carbonyl (C=O) groups is 1. The molecule has 0 aliphatic carbocycles. The molecule has 0 aromatic heterocycles. The van der Waals surface area contributed by atoms with Gasteiger partial charge in [0.15, 0.2) is 0 Å². The van der Waals surface area contributed by atoms with Crippen LogP contribution in [0.25, 0.3) is 0 Å². The lowest BCUT2D eigenvalue weighted by Gasteiger charge is -2.19. The highest BCUT2D eigenvalue weighted by Crippen LogP contribution is 2.14. The minimum Gasteiger partial charge on any atom is -0.394 e. The molecular formula is C35H65NO3. The number of aliphatic hydroxyl groups excluding tert-OH is 2. The van der Waals surface area contributed by atoms with E-state index in [0.29, 0.717) is 6.42 Å². The predicted molar refractivity (Wildman–Crippen MR) is 170 cm³/mol. The second-order valence-corrected chi connectivity index (χ2v) is 11.2. The van der Waals surface area contributed by atoms with Crippen LogP contribution in [-0.2, 0) is 4.79 Å². The number of amides is 1. The van der Waals surface area contributed by atoms with Crippen molar-refractivity contribution >= 4 is 5.91 Å². The predicted octanol–water partition coefficient (Wildman–Crippen LogP) is 9.51. The van der Waals surface area contributed by atoms with E-state index in [9.17, 15) is 15.0 Å². The quantitative estimate of drug-likeness (QED) is 0.0645. The van der Waals surface area contributed by atoms with Crippen molar-refractivity contribution in [2.45, 2.75) is 174 Å². The van der Waals surface area contributed by atoms with Gasteiger partial charge in [-0.2, -0.15) is 0 Å². The van der Waals surface area contributed by atoms with Gasteiger partial charge >= 0.3 is 0 Å². The van der Waals surface area contributed by atoms with Gasteiger partial charge in [-0.3, -0.25) is 4.79 Å². The first kappa shape index (κ1) is 37.6. The Kier molecular flexibility index (Phi) is 30.0. The number of rotatable bonds is 29. The Labute approximate surface area is 242 Å². The van der Waals surface area contributed by atoms with E-state index in [1.165, 1.54) is 103 Å². The van der Waals surface area contributed by atoms with E-state index < -0.39 is 12.1 Å². The Morgan fingerprint density at radius 3 is 1.46 bits per heavy atom. The van der Waals surface area contributed by atoms with Crippen molar-refractivity contribution in [1.29, 1.82) is 0 Å². The zero-order valence-electron chi connectivity index (χ0n) is 25.9. The molecule has 1 amide bonds. The van der Waals surface area contributed by atoms with Gasteiger partial charge in [0.1, 0.15) is 0 Å². The summed E-state index contributed by atoms with van der Waals surface area (Å²) in [6.45, 7) is 4.22. The smallest absolute Gasteiger partial charge is 0.220 e. The van der Waals surface area contributed by atoms with E-state index in [4.69, 9.17) is 0 Å². The van der Waals surface area contributed by atoms with Crippen LogP contribution in [-0.4, -0.2) is 34.9 Å². The van der Waals surface area contributed by atoms with Gasteiger partial charge in [-0.15, -0.1) is 0 Å². The number of allylic oxidation sites excluding steroid dienone is 5. The maximum Gasteiger partial charge on any atom is 0.220 e. The van der Waals surface area contributed by atoms with Crippen LogP contribution < -0.4 is 5.32 Å². The van der Waals surface area contributed by atoms with Crippen LogP contribution in [0.3, 0.4) is 0 Å². The molecule has 4 nitrogen and oxygen atoms in total. The lowest BCUT2D eigenvalue weighted by molar-refractivity contribution is -0.123. The van der Waals surface area contributed by atoms with Crippen molar-refractivity contribution in [3.05, 3.63) is 36.5 Å². The van der Waals surface area contributed by atoms with Crippen LogP contribution >= 0.6 is 0 Å².